The first-order valence-electron chi connectivity index (χ1n) is 8.93. The second-order valence-electron chi connectivity index (χ2n) is 6.75. The third-order valence-electron chi connectivity index (χ3n) is 5.14. The highest BCUT2D eigenvalue weighted by Crippen LogP contribution is 2.39. The van der Waals surface area contributed by atoms with Crippen LogP contribution in [0.1, 0.15) is 22.0 Å². The minimum absolute atomic E-state index is 0.0453. The van der Waals surface area contributed by atoms with E-state index < -0.39 is 0 Å². The molecule has 1 aliphatic heterocycles. The van der Waals surface area contributed by atoms with Crippen molar-refractivity contribution in [3.63, 3.8) is 0 Å². The predicted molar refractivity (Wildman–Crippen MR) is 96.5 cm³/mol. The van der Waals surface area contributed by atoms with E-state index >= 15 is 0 Å². The minimum Gasteiger partial charge on any atom is -0.486 e. The van der Waals surface area contributed by atoms with Crippen molar-refractivity contribution in [1.29, 1.82) is 0 Å². The molecule has 3 aromatic rings. The van der Waals surface area contributed by atoms with Gasteiger partial charge in [0.2, 0.25) is 11.8 Å². The zero-order valence-corrected chi connectivity index (χ0v) is 14.5. The Labute approximate surface area is 155 Å². The molecule has 0 fully saturated rings. The second-order valence-corrected chi connectivity index (χ2v) is 6.75. The number of pyridine rings is 1. The number of hydrogen-bond acceptors (Lipinski definition) is 3. The third-order valence-corrected chi connectivity index (χ3v) is 5.14. The Kier molecular flexibility index (Phi) is 3.67. The number of benzene rings is 2. The summed E-state index contributed by atoms with van der Waals surface area (Å²) in [5, 5.41) is 0. The maximum Gasteiger partial charge on any atom is 0.231 e. The van der Waals surface area contributed by atoms with E-state index in [0.29, 0.717) is 25.2 Å². The van der Waals surface area contributed by atoms with Gasteiger partial charge in [-0.3, -0.25) is 4.79 Å². The van der Waals surface area contributed by atoms with Crippen LogP contribution in [0, 0.1) is 5.82 Å². The third kappa shape index (κ3) is 2.67. The number of nitrogens with zero attached hydrogens (tertiary/aromatic N) is 1. The Morgan fingerprint density at radius 2 is 1.78 bits per heavy atom. The maximum absolute atomic E-state index is 13.5. The fourth-order valence-corrected chi connectivity index (χ4v) is 3.80. The van der Waals surface area contributed by atoms with Crippen molar-refractivity contribution >= 4 is 5.78 Å². The number of ether oxygens (including phenoxy) is 2. The number of ketones is 1. The number of fused-ring (bicyclic) bond motifs is 2. The largest absolute Gasteiger partial charge is 0.486 e. The molecule has 27 heavy (non-hydrogen) atoms. The van der Waals surface area contributed by atoms with Crippen LogP contribution in [-0.4, -0.2) is 19.0 Å². The summed E-state index contributed by atoms with van der Waals surface area (Å²) in [5.41, 5.74) is 3.33. The van der Waals surface area contributed by atoms with Gasteiger partial charge in [0.15, 0.2) is 23.9 Å². The molecule has 0 radical (unpaired) electrons. The molecule has 0 saturated heterocycles. The van der Waals surface area contributed by atoms with Gasteiger partial charge in [-0.15, -0.1) is 0 Å². The molecule has 1 aromatic heterocycles. The highest BCUT2D eigenvalue weighted by atomic mass is 19.1. The van der Waals surface area contributed by atoms with Crippen LogP contribution in [0.4, 0.5) is 4.39 Å². The number of aromatic nitrogens is 1. The number of Topliss-reactive ketones (excluding diaryl/α,β-unsaturated/α-hetero) is 1. The van der Waals surface area contributed by atoms with E-state index in [1.54, 1.807) is 6.07 Å². The minimum atomic E-state index is -0.376. The first-order valence-corrected chi connectivity index (χ1v) is 8.93. The van der Waals surface area contributed by atoms with Gasteiger partial charge in [-0.1, -0.05) is 18.2 Å². The Bertz CT molecular complexity index is 1050. The summed E-state index contributed by atoms with van der Waals surface area (Å²) in [6.45, 7) is 1.08. The van der Waals surface area contributed by atoms with Gasteiger partial charge < -0.3 is 9.47 Å². The lowest BCUT2D eigenvalue weighted by Crippen LogP contribution is -2.42. The molecule has 2 aliphatic rings. The molecule has 2 aromatic carbocycles. The number of rotatable bonds is 2. The molecule has 0 spiro atoms. The van der Waals surface area contributed by atoms with Crippen molar-refractivity contribution in [3.8, 4) is 22.6 Å². The van der Waals surface area contributed by atoms with E-state index in [-0.39, 0.29) is 17.6 Å². The first kappa shape index (κ1) is 16.0. The summed E-state index contributed by atoms with van der Waals surface area (Å²) >= 11 is 0. The fourth-order valence-electron chi connectivity index (χ4n) is 3.80. The van der Waals surface area contributed by atoms with Crippen molar-refractivity contribution in [1.82, 2.24) is 0 Å². The van der Waals surface area contributed by atoms with Crippen molar-refractivity contribution in [2.24, 2.45) is 0 Å². The van der Waals surface area contributed by atoms with Crippen molar-refractivity contribution in [3.05, 3.63) is 77.9 Å². The van der Waals surface area contributed by atoms with Gasteiger partial charge in [-0.25, -0.2) is 4.39 Å². The van der Waals surface area contributed by atoms with Crippen molar-refractivity contribution in [2.75, 3.05) is 13.2 Å². The van der Waals surface area contributed by atoms with Crippen molar-refractivity contribution < 1.29 is 23.2 Å². The van der Waals surface area contributed by atoms with Crippen LogP contribution in [0.3, 0.4) is 0 Å². The molecule has 1 atom stereocenters. The van der Waals surface area contributed by atoms with Crippen molar-refractivity contribution in [2.45, 2.75) is 12.5 Å². The number of carbonyl (C=O) groups excluding carboxylic acids is 1. The van der Waals surface area contributed by atoms with Crippen LogP contribution >= 0.6 is 0 Å². The Morgan fingerprint density at radius 1 is 0.963 bits per heavy atom. The van der Waals surface area contributed by atoms with Crippen LogP contribution in [0.25, 0.3) is 11.1 Å². The highest BCUT2D eigenvalue weighted by Gasteiger charge is 2.37. The normalized spacial score (nSPS) is 17.7. The van der Waals surface area contributed by atoms with E-state index in [1.807, 2.05) is 47.3 Å². The quantitative estimate of drug-likeness (QED) is 0.655. The number of hydrogen-bond donors (Lipinski definition) is 0. The zero-order valence-electron chi connectivity index (χ0n) is 14.5. The average molecular weight is 362 g/mol. The summed E-state index contributed by atoms with van der Waals surface area (Å²) in [6.07, 6.45) is 4.36. The van der Waals surface area contributed by atoms with Gasteiger partial charge in [0.1, 0.15) is 19.0 Å². The highest BCUT2D eigenvalue weighted by molar-refractivity contribution is 6.02. The maximum atomic E-state index is 13.5. The number of halogens is 1. The molecule has 5 heteroatoms. The van der Waals surface area contributed by atoms with E-state index in [9.17, 15) is 9.18 Å². The molecule has 5 rings (SSSR count). The van der Waals surface area contributed by atoms with E-state index in [1.165, 1.54) is 12.1 Å². The summed E-state index contributed by atoms with van der Waals surface area (Å²) in [4.78, 5) is 12.7. The molecule has 0 saturated carbocycles. The van der Waals surface area contributed by atoms with Crippen LogP contribution < -0.4 is 14.0 Å². The monoisotopic (exact) mass is 362 g/mol. The number of para-hydroxylation sites is 1. The molecular formula is C22H17FNO3+. The standard InChI is InChI=1S/C22H17FNO3/c23-16-5-4-15-12-19(21(25)18(15)13-16)24-8-6-14(7-9-24)17-2-1-3-20-22(17)27-11-10-26-20/h1-9,13,19H,10-12H2/q+1. The molecule has 1 aliphatic carbocycles. The smallest absolute Gasteiger partial charge is 0.231 e. The Hall–Kier alpha value is -3.21. The SMILES string of the molecule is O=C1c2cc(F)ccc2CC1[n+]1ccc(-c2cccc3c2OCCO3)cc1. The van der Waals surface area contributed by atoms with E-state index in [2.05, 4.69) is 0 Å². The topological polar surface area (TPSA) is 39.4 Å². The van der Waals surface area contributed by atoms with Gasteiger partial charge in [-0.2, -0.15) is 4.57 Å². The Balaban J connectivity index is 1.46. The van der Waals surface area contributed by atoms with Gasteiger partial charge >= 0.3 is 0 Å². The average Bonchev–Trinajstić information content (AvgIpc) is 3.04. The van der Waals surface area contributed by atoms with Gasteiger partial charge in [0.05, 0.1) is 0 Å². The summed E-state index contributed by atoms with van der Waals surface area (Å²) in [7, 11) is 0. The van der Waals surface area contributed by atoms with Gasteiger partial charge in [0, 0.05) is 29.7 Å². The molecule has 2 heterocycles. The van der Waals surface area contributed by atoms with E-state index in [0.717, 1.165) is 28.2 Å². The molecule has 1 unspecified atom stereocenters. The zero-order chi connectivity index (χ0) is 18.4. The summed E-state index contributed by atoms with van der Waals surface area (Å²) < 4.78 is 26.8. The van der Waals surface area contributed by atoms with Crippen LogP contribution in [0.2, 0.25) is 0 Å². The molecule has 134 valence electrons. The molecular weight excluding hydrogens is 345 g/mol. The van der Waals surface area contributed by atoms with Crippen LogP contribution in [-0.2, 0) is 6.42 Å². The van der Waals surface area contributed by atoms with Gasteiger partial charge in [0.25, 0.3) is 0 Å². The molecule has 0 bridgehead atoms. The number of carbonyl (C=O) groups is 1. The van der Waals surface area contributed by atoms with Crippen LogP contribution in [0.15, 0.2) is 60.9 Å². The summed E-state index contributed by atoms with van der Waals surface area (Å²) in [5.74, 6) is 1.08. The van der Waals surface area contributed by atoms with E-state index in [4.69, 9.17) is 9.47 Å². The van der Waals surface area contributed by atoms with Gasteiger partial charge in [-0.05, 0) is 29.3 Å². The molecule has 0 amide bonds. The summed E-state index contributed by atoms with van der Waals surface area (Å²) in [6, 6.07) is 13.9. The molecule has 4 nitrogen and oxygen atoms in total. The fraction of sp³-hybridized carbons (Fsp3) is 0.182. The lowest BCUT2D eigenvalue weighted by atomic mass is 10.0. The molecule has 0 N–H and O–H groups in total. The predicted octanol–water partition coefficient (Wildman–Crippen LogP) is 3.53. The van der Waals surface area contributed by atoms with Crippen LogP contribution in [0.5, 0.6) is 11.5 Å². The lowest BCUT2D eigenvalue weighted by Gasteiger charge is -2.20. The Morgan fingerprint density at radius 3 is 2.63 bits per heavy atom. The second kappa shape index (κ2) is 6.20. The lowest BCUT2D eigenvalue weighted by molar-refractivity contribution is -0.706. The first-order chi connectivity index (χ1) is 13.2.